The fraction of sp³-hybridized carbons (Fsp3) is 0.304. The highest BCUT2D eigenvalue weighted by atomic mass is 16.6. The highest BCUT2D eigenvalue weighted by Gasteiger charge is 2.45. The predicted octanol–water partition coefficient (Wildman–Crippen LogP) is 3.37. The molecule has 1 N–H and O–H groups in total. The molecule has 0 radical (unpaired) electrons. The third-order valence-electron chi connectivity index (χ3n) is 5.38. The third-order valence-corrected chi connectivity index (χ3v) is 5.38. The van der Waals surface area contributed by atoms with Gasteiger partial charge in [-0.25, -0.2) is 0 Å². The molecule has 0 saturated carbocycles. The zero-order valence-corrected chi connectivity index (χ0v) is 18.0. The molecule has 1 fully saturated rings. The number of carbonyl (C=O) groups is 2. The summed E-state index contributed by atoms with van der Waals surface area (Å²) in [5.74, 6) is -1.24. The van der Waals surface area contributed by atoms with Crippen molar-refractivity contribution in [3.63, 3.8) is 0 Å². The van der Waals surface area contributed by atoms with Crippen molar-refractivity contribution in [1.82, 2.24) is 4.90 Å². The smallest absolute Gasteiger partial charge is 0.295 e. The van der Waals surface area contributed by atoms with Gasteiger partial charge in [0.1, 0.15) is 11.5 Å². The number of likely N-dealkylation sites (tertiary alicyclic amines) is 1. The Morgan fingerprint density at radius 3 is 2.41 bits per heavy atom. The number of rotatable bonds is 8. The molecule has 0 bridgehead atoms. The quantitative estimate of drug-likeness (QED) is 0.167. The summed E-state index contributed by atoms with van der Waals surface area (Å²) in [7, 11) is 3.07. The summed E-state index contributed by atoms with van der Waals surface area (Å²) < 4.78 is 10.3. The summed E-state index contributed by atoms with van der Waals surface area (Å²) in [6, 6.07) is 9.65. The molecule has 1 aliphatic rings. The number of aliphatic hydroxyl groups is 1. The van der Waals surface area contributed by atoms with Gasteiger partial charge in [0, 0.05) is 38.0 Å². The number of methoxy groups -OCH3 is 2. The topological polar surface area (TPSA) is 119 Å². The molecule has 0 aliphatic carbocycles. The van der Waals surface area contributed by atoms with Gasteiger partial charge in [0.25, 0.3) is 17.4 Å². The molecule has 9 nitrogen and oxygen atoms in total. The average Bonchev–Trinajstić information content (AvgIpc) is 3.03. The van der Waals surface area contributed by atoms with Gasteiger partial charge >= 0.3 is 0 Å². The second-order valence-corrected chi connectivity index (χ2v) is 7.37. The average molecular weight is 440 g/mol. The van der Waals surface area contributed by atoms with Gasteiger partial charge in [-0.1, -0.05) is 0 Å². The van der Waals surface area contributed by atoms with Gasteiger partial charge in [0.15, 0.2) is 0 Å². The van der Waals surface area contributed by atoms with E-state index in [-0.39, 0.29) is 23.6 Å². The Morgan fingerprint density at radius 2 is 1.84 bits per heavy atom. The van der Waals surface area contributed by atoms with Crippen LogP contribution >= 0.6 is 0 Å². The lowest BCUT2D eigenvalue weighted by Gasteiger charge is -2.25. The van der Waals surface area contributed by atoms with Gasteiger partial charge in [-0.2, -0.15) is 0 Å². The minimum Gasteiger partial charge on any atom is -0.507 e. The van der Waals surface area contributed by atoms with Crippen LogP contribution in [0.15, 0.2) is 48.0 Å². The molecule has 9 heteroatoms. The first-order chi connectivity index (χ1) is 15.3. The minimum atomic E-state index is -0.880. The van der Waals surface area contributed by atoms with Crippen molar-refractivity contribution in [2.75, 3.05) is 27.4 Å². The van der Waals surface area contributed by atoms with E-state index in [1.54, 1.807) is 25.1 Å². The van der Waals surface area contributed by atoms with Crippen LogP contribution in [-0.2, 0) is 14.3 Å². The molecule has 2 aromatic rings. The van der Waals surface area contributed by atoms with E-state index in [9.17, 15) is 24.8 Å². The zero-order chi connectivity index (χ0) is 23.4. The molecule has 1 heterocycles. The van der Waals surface area contributed by atoms with E-state index in [1.165, 1.54) is 43.4 Å². The Kier molecular flexibility index (Phi) is 6.89. The molecular formula is C23H24N2O7. The second kappa shape index (κ2) is 9.61. The fourth-order valence-corrected chi connectivity index (χ4v) is 3.80. The van der Waals surface area contributed by atoms with Crippen molar-refractivity contribution >= 4 is 23.1 Å². The van der Waals surface area contributed by atoms with Crippen molar-refractivity contribution in [1.29, 1.82) is 0 Å². The van der Waals surface area contributed by atoms with Gasteiger partial charge < -0.3 is 19.5 Å². The Balaban J connectivity index is 2.13. The molecule has 3 rings (SSSR count). The number of nitro groups is 1. The van der Waals surface area contributed by atoms with E-state index < -0.39 is 22.7 Å². The molecule has 32 heavy (non-hydrogen) atoms. The van der Waals surface area contributed by atoms with Crippen LogP contribution in [0.5, 0.6) is 5.75 Å². The van der Waals surface area contributed by atoms with Crippen molar-refractivity contribution in [2.24, 2.45) is 0 Å². The maximum absolute atomic E-state index is 13.0. The van der Waals surface area contributed by atoms with E-state index in [0.717, 1.165) is 5.56 Å². The summed E-state index contributed by atoms with van der Waals surface area (Å²) in [4.78, 5) is 37.7. The molecular weight excluding hydrogens is 416 g/mol. The Bertz CT molecular complexity index is 1080. The van der Waals surface area contributed by atoms with Crippen LogP contribution in [0.25, 0.3) is 5.76 Å². The van der Waals surface area contributed by atoms with Crippen molar-refractivity contribution in [2.45, 2.75) is 19.4 Å². The first-order valence-electron chi connectivity index (χ1n) is 9.96. The fourth-order valence-electron chi connectivity index (χ4n) is 3.80. The number of aryl methyl sites for hydroxylation is 1. The summed E-state index contributed by atoms with van der Waals surface area (Å²) in [6.45, 7) is 2.40. The van der Waals surface area contributed by atoms with Crippen LogP contribution in [0.2, 0.25) is 0 Å². The van der Waals surface area contributed by atoms with Gasteiger partial charge in [0.05, 0.1) is 23.6 Å². The summed E-state index contributed by atoms with van der Waals surface area (Å²) in [5.41, 5.74) is 1.42. The number of carbonyl (C=O) groups excluding carboxylic acids is 2. The lowest BCUT2D eigenvalue weighted by Crippen LogP contribution is -2.31. The van der Waals surface area contributed by atoms with E-state index in [1.807, 2.05) is 0 Å². The number of Topliss-reactive ketones (excluding diaryl/α,β-unsaturated/α-hetero) is 1. The molecule has 0 aromatic heterocycles. The molecule has 1 atom stereocenters. The van der Waals surface area contributed by atoms with Gasteiger partial charge in [-0.05, 0) is 54.8 Å². The second-order valence-electron chi connectivity index (χ2n) is 7.37. The number of amides is 1. The monoisotopic (exact) mass is 440 g/mol. The Labute approximate surface area is 185 Å². The lowest BCUT2D eigenvalue weighted by atomic mass is 9.94. The molecule has 1 aliphatic heterocycles. The standard InChI is InChI=1S/C23H24N2O7/c1-14-13-16(7-10-18(14)32-3)21(26)19-20(15-5-8-17(9-6-15)25(29)30)24(11-4-12-31-2)23(28)22(19)27/h5-10,13,20,26H,4,11-12H2,1-3H3/b21-19+. The van der Waals surface area contributed by atoms with Crippen molar-refractivity contribution in [3.05, 3.63) is 74.8 Å². The maximum atomic E-state index is 13.0. The first kappa shape index (κ1) is 23.0. The molecule has 0 spiro atoms. The van der Waals surface area contributed by atoms with Gasteiger partial charge in [-0.15, -0.1) is 0 Å². The zero-order valence-electron chi connectivity index (χ0n) is 18.0. The lowest BCUT2D eigenvalue weighted by molar-refractivity contribution is -0.384. The van der Waals surface area contributed by atoms with E-state index in [4.69, 9.17) is 9.47 Å². The first-order valence-corrected chi connectivity index (χ1v) is 9.96. The van der Waals surface area contributed by atoms with Crippen LogP contribution in [0.4, 0.5) is 5.69 Å². The minimum absolute atomic E-state index is 0.0640. The number of non-ortho nitro benzene ring substituents is 1. The summed E-state index contributed by atoms with van der Waals surface area (Å²) >= 11 is 0. The van der Waals surface area contributed by atoms with Crippen LogP contribution in [0.1, 0.15) is 29.2 Å². The largest absolute Gasteiger partial charge is 0.507 e. The summed E-state index contributed by atoms with van der Waals surface area (Å²) in [5, 5.41) is 22.1. The molecule has 1 saturated heterocycles. The highest BCUT2D eigenvalue weighted by Crippen LogP contribution is 2.40. The van der Waals surface area contributed by atoms with E-state index >= 15 is 0 Å². The number of benzene rings is 2. The van der Waals surface area contributed by atoms with Crippen molar-refractivity contribution < 1.29 is 29.1 Å². The highest BCUT2D eigenvalue weighted by molar-refractivity contribution is 6.46. The van der Waals surface area contributed by atoms with Gasteiger partial charge in [-0.3, -0.25) is 19.7 Å². The number of nitrogens with zero attached hydrogens (tertiary/aromatic N) is 2. The van der Waals surface area contributed by atoms with Crippen LogP contribution in [0.3, 0.4) is 0 Å². The number of nitro benzene ring substituents is 1. The Morgan fingerprint density at radius 1 is 1.16 bits per heavy atom. The van der Waals surface area contributed by atoms with Crippen LogP contribution in [0, 0.1) is 17.0 Å². The van der Waals surface area contributed by atoms with Crippen molar-refractivity contribution in [3.8, 4) is 5.75 Å². The van der Waals surface area contributed by atoms with Crippen LogP contribution < -0.4 is 4.74 Å². The summed E-state index contributed by atoms with van der Waals surface area (Å²) in [6.07, 6.45) is 0.481. The molecule has 1 unspecified atom stereocenters. The Hall–Kier alpha value is -3.72. The predicted molar refractivity (Wildman–Crippen MR) is 116 cm³/mol. The number of hydrogen-bond acceptors (Lipinski definition) is 7. The number of aliphatic hydroxyl groups excluding tert-OH is 1. The SMILES string of the molecule is COCCCN1C(=O)C(=O)/C(=C(/O)c2ccc(OC)c(C)c2)C1c1ccc([N+](=O)[O-])cc1. The third kappa shape index (κ3) is 4.33. The van der Waals surface area contributed by atoms with E-state index in [2.05, 4.69) is 0 Å². The number of ketones is 1. The number of hydrogen-bond donors (Lipinski definition) is 1. The van der Waals surface area contributed by atoms with E-state index in [0.29, 0.717) is 29.9 Å². The molecule has 1 amide bonds. The van der Waals surface area contributed by atoms with Crippen LogP contribution in [-0.4, -0.2) is 54.0 Å². The normalized spacial score (nSPS) is 17.6. The number of ether oxygens (including phenoxy) is 2. The maximum Gasteiger partial charge on any atom is 0.295 e. The molecule has 2 aromatic carbocycles. The van der Waals surface area contributed by atoms with Gasteiger partial charge in [0.2, 0.25) is 0 Å². The molecule has 168 valence electrons.